The molecule has 0 aromatic carbocycles. The summed E-state index contributed by atoms with van der Waals surface area (Å²) < 4.78 is 5.83. The Bertz CT molecular complexity index is 661. The predicted octanol–water partition coefficient (Wildman–Crippen LogP) is 1.23. The van der Waals surface area contributed by atoms with Crippen LogP contribution < -0.4 is 5.32 Å². The van der Waals surface area contributed by atoms with Crippen LogP contribution in [0.3, 0.4) is 0 Å². The normalized spacial score (nSPS) is 25.1. The van der Waals surface area contributed by atoms with Gasteiger partial charge in [-0.1, -0.05) is 0 Å². The minimum absolute atomic E-state index is 0.0488. The molecule has 6 nitrogen and oxygen atoms in total. The number of carbonyl (C=O) groups is 2. The highest BCUT2D eigenvalue weighted by atomic mass is 16.4. The van der Waals surface area contributed by atoms with Crippen molar-refractivity contribution >= 4 is 11.7 Å². The Morgan fingerprint density at radius 2 is 2.00 bits per heavy atom. The number of nitrogens with one attached hydrogen (secondary N) is 1. The number of Topliss-reactive ketones (excluding diaryl/α,β-unsaturated/α-hetero) is 1. The minimum atomic E-state index is -0.0488. The van der Waals surface area contributed by atoms with Crippen molar-refractivity contribution in [2.24, 2.45) is 0 Å². The highest BCUT2D eigenvalue weighted by molar-refractivity contribution is 6.03. The molecular formula is C18H25N3O3. The fraction of sp³-hybridized carbons (Fsp3) is 0.667. The molecule has 0 spiro atoms. The Balaban J connectivity index is 1.49. The molecule has 2 fully saturated rings. The molecular weight excluding hydrogens is 306 g/mol. The molecule has 2 aliphatic heterocycles. The van der Waals surface area contributed by atoms with Gasteiger partial charge in [-0.25, -0.2) is 0 Å². The lowest BCUT2D eigenvalue weighted by molar-refractivity contribution is 0.0738. The van der Waals surface area contributed by atoms with Gasteiger partial charge in [0.15, 0.2) is 11.5 Å². The predicted molar refractivity (Wildman–Crippen MR) is 89.5 cm³/mol. The summed E-state index contributed by atoms with van der Waals surface area (Å²) in [6.07, 6.45) is 3.17. The van der Waals surface area contributed by atoms with E-state index in [9.17, 15) is 9.59 Å². The minimum Gasteiger partial charge on any atom is -0.455 e. The first-order valence-electron chi connectivity index (χ1n) is 9.04. The Labute approximate surface area is 142 Å². The standard InChI is InChI=1S/C18H25N3O3/c1-12-16-14(22)3-2-4-15(16)24-17(12)18(23)21-8-5-13(11-21)20-9-6-19-7-10-20/h13,19H,2-11H2,1H3. The zero-order valence-corrected chi connectivity index (χ0v) is 14.3. The highest BCUT2D eigenvalue weighted by Crippen LogP contribution is 2.31. The molecule has 3 heterocycles. The number of fused-ring (bicyclic) bond motifs is 1. The molecule has 6 heteroatoms. The number of hydrogen-bond acceptors (Lipinski definition) is 5. The number of aryl methyl sites for hydroxylation is 1. The summed E-state index contributed by atoms with van der Waals surface area (Å²) in [5.41, 5.74) is 1.41. The van der Waals surface area contributed by atoms with Crippen molar-refractivity contribution in [2.75, 3.05) is 39.3 Å². The number of ketones is 1. The fourth-order valence-corrected chi connectivity index (χ4v) is 4.27. The summed E-state index contributed by atoms with van der Waals surface area (Å²) in [5.74, 6) is 1.17. The van der Waals surface area contributed by atoms with Crippen LogP contribution in [0.2, 0.25) is 0 Å². The van der Waals surface area contributed by atoms with E-state index in [-0.39, 0.29) is 11.7 Å². The van der Waals surface area contributed by atoms with Gasteiger partial charge >= 0.3 is 0 Å². The largest absolute Gasteiger partial charge is 0.455 e. The fourth-order valence-electron chi connectivity index (χ4n) is 4.27. The molecule has 0 bridgehead atoms. The van der Waals surface area contributed by atoms with Gasteiger partial charge in [-0.15, -0.1) is 0 Å². The van der Waals surface area contributed by atoms with E-state index in [2.05, 4.69) is 10.2 Å². The van der Waals surface area contributed by atoms with Crippen LogP contribution in [-0.2, 0) is 6.42 Å². The molecule has 0 radical (unpaired) electrons. The zero-order chi connectivity index (χ0) is 16.7. The number of likely N-dealkylation sites (tertiary alicyclic amines) is 1. The van der Waals surface area contributed by atoms with Gasteiger partial charge in [-0.2, -0.15) is 0 Å². The molecule has 3 aliphatic rings. The quantitative estimate of drug-likeness (QED) is 0.883. The molecule has 1 aliphatic carbocycles. The summed E-state index contributed by atoms with van der Waals surface area (Å²) >= 11 is 0. The Morgan fingerprint density at radius 3 is 2.75 bits per heavy atom. The van der Waals surface area contributed by atoms with Gasteiger partial charge in [-0.05, 0) is 19.8 Å². The maximum atomic E-state index is 12.9. The van der Waals surface area contributed by atoms with Gasteiger partial charge in [0.1, 0.15) is 5.76 Å². The van der Waals surface area contributed by atoms with Gasteiger partial charge < -0.3 is 14.6 Å². The summed E-state index contributed by atoms with van der Waals surface area (Å²) in [5, 5.41) is 3.37. The summed E-state index contributed by atoms with van der Waals surface area (Å²) in [6, 6.07) is 0.447. The molecule has 1 unspecified atom stereocenters. The molecule has 24 heavy (non-hydrogen) atoms. The average molecular weight is 331 g/mol. The van der Waals surface area contributed by atoms with Crippen molar-refractivity contribution in [3.05, 3.63) is 22.6 Å². The summed E-state index contributed by atoms with van der Waals surface area (Å²) in [6.45, 7) is 7.53. The van der Waals surface area contributed by atoms with Crippen molar-refractivity contribution < 1.29 is 14.0 Å². The lowest BCUT2D eigenvalue weighted by Crippen LogP contribution is -2.49. The summed E-state index contributed by atoms with van der Waals surface area (Å²) in [4.78, 5) is 29.4. The molecule has 130 valence electrons. The first kappa shape index (κ1) is 15.8. The number of carbonyl (C=O) groups excluding carboxylic acids is 2. The Kier molecular flexibility index (Phi) is 4.18. The number of piperazine rings is 1. The van der Waals surface area contributed by atoms with Crippen molar-refractivity contribution in [2.45, 2.75) is 38.6 Å². The van der Waals surface area contributed by atoms with E-state index in [4.69, 9.17) is 4.42 Å². The van der Waals surface area contributed by atoms with E-state index in [1.165, 1.54) is 0 Å². The third-order valence-corrected chi connectivity index (χ3v) is 5.62. The van der Waals surface area contributed by atoms with E-state index < -0.39 is 0 Å². The molecule has 1 N–H and O–H groups in total. The van der Waals surface area contributed by atoms with E-state index in [0.29, 0.717) is 29.5 Å². The van der Waals surface area contributed by atoms with Crippen LogP contribution in [0, 0.1) is 6.92 Å². The van der Waals surface area contributed by atoms with Crippen molar-refractivity contribution in [1.82, 2.24) is 15.1 Å². The number of hydrogen-bond donors (Lipinski definition) is 1. The molecule has 2 saturated heterocycles. The number of rotatable bonds is 2. The lowest BCUT2D eigenvalue weighted by Gasteiger charge is -2.32. The van der Waals surface area contributed by atoms with Gasteiger partial charge in [-0.3, -0.25) is 14.5 Å². The van der Waals surface area contributed by atoms with Crippen LogP contribution in [0.5, 0.6) is 0 Å². The maximum absolute atomic E-state index is 12.9. The van der Waals surface area contributed by atoms with Crippen molar-refractivity contribution in [3.63, 3.8) is 0 Å². The number of nitrogens with zero attached hydrogens (tertiary/aromatic N) is 2. The van der Waals surface area contributed by atoms with Crippen molar-refractivity contribution in [1.29, 1.82) is 0 Å². The second-order valence-corrected chi connectivity index (χ2v) is 7.11. The van der Waals surface area contributed by atoms with E-state index >= 15 is 0 Å². The number of furan rings is 1. The van der Waals surface area contributed by atoms with Crippen LogP contribution in [0.15, 0.2) is 4.42 Å². The third kappa shape index (κ3) is 2.67. The molecule has 4 rings (SSSR count). The van der Waals surface area contributed by atoms with Crippen LogP contribution in [-0.4, -0.2) is 66.8 Å². The maximum Gasteiger partial charge on any atom is 0.289 e. The average Bonchev–Trinajstić information content (AvgIpc) is 3.21. The molecule has 1 aromatic heterocycles. The lowest BCUT2D eigenvalue weighted by atomic mass is 9.94. The van der Waals surface area contributed by atoms with Crippen LogP contribution in [0.25, 0.3) is 0 Å². The monoisotopic (exact) mass is 331 g/mol. The highest BCUT2D eigenvalue weighted by Gasteiger charge is 2.35. The van der Waals surface area contributed by atoms with Crippen LogP contribution in [0.4, 0.5) is 0 Å². The van der Waals surface area contributed by atoms with Gasteiger partial charge in [0.2, 0.25) is 0 Å². The van der Waals surface area contributed by atoms with E-state index in [1.807, 2.05) is 11.8 Å². The molecule has 0 saturated carbocycles. The smallest absolute Gasteiger partial charge is 0.289 e. The van der Waals surface area contributed by atoms with Gasteiger partial charge in [0, 0.05) is 63.7 Å². The van der Waals surface area contributed by atoms with Crippen LogP contribution >= 0.6 is 0 Å². The zero-order valence-electron chi connectivity index (χ0n) is 14.3. The van der Waals surface area contributed by atoms with Crippen molar-refractivity contribution in [3.8, 4) is 0 Å². The SMILES string of the molecule is Cc1c(C(=O)N2CCC(N3CCNCC3)C2)oc2c1C(=O)CCC2. The first-order chi connectivity index (χ1) is 11.6. The topological polar surface area (TPSA) is 65.8 Å². The number of amides is 1. The molecule has 1 aromatic rings. The first-order valence-corrected chi connectivity index (χ1v) is 9.04. The second kappa shape index (κ2) is 6.33. The Hall–Kier alpha value is -1.66. The third-order valence-electron chi connectivity index (χ3n) is 5.62. The van der Waals surface area contributed by atoms with Gasteiger partial charge in [0.05, 0.1) is 5.56 Å². The summed E-state index contributed by atoms with van der Waals surface area (Å²) in [7, 11) is 0. The van der Waals surface area contributed by atoms with E-state index in [1.54, 1.807) is 0 Å². The Morgan fingerprint density at radius 1 is 1.21 bits per heavy atom. The van der Waals surface area contributed by atoms with Gasteiger partial charge in [0.25, 0.3) is 5.91 Å². The molecule has 1 atom stereocenters. The van der Waals surface area contributed by atoms with Crippen LogP contribution in [0.1, 0.15) is 51.5 Å². The van der Waals surface area contributed by atoms with E-state index in [0.717, 1.165) is 64.1 Å². The molecule has 1 amide bonds. The second-order valence-electron chi connectivity index (χ2n) is 7.11.